The summed E-state index contributed by atoms with van der Waals surface area (Å²) in [4.78, 5) is 0.202. The fourth-order valence-electron chi connectivity index (χ4n) is 3.85. The van der Waals surface area contributed by atoms with E-state index < -0.39 is 10.0 Å². The third-order valence-electron chi connectivity index (χ3n) is 5.04. The van der Waals surface area contributed by atoms with E-state index >= 15 is 0 Å². The van der Waals surface area contributed by atoms with E-state index in [9.17, 15) is 8.42 Å². The minimum Gasteiger partial charge on any atom is -0.397 e. The largest absolute Gasteiger partial charge is 0.397 e. The van der Waals surface area contributed by atoms with Crippen molar-refractivity contribution < 1.29 is 8.42 Å². The minimum atomic E-state index is -3.43. The molecular formula is C15H23N3O2S. The second-order valence-electron chi connectivity index (χ2n) is 6.27. The maximum absolute atomic E-state index is 11.7. The van der Waals surface area contributed by atoms with Crippen molar-refractivity contribution in [2.45, 2.75) is 30.6 Å². The lowest BCUT2D eigenvalue weighted by atomic mass is 9.89. The maximum Gasteiger partial charge on any atom is 0.240 e. The third-order valence-corrected chi connectivity index (χ3v) is 6.45. The van der Waals surface area contributed by atoms with E-state index in [1.165, 1.54) is 38.8 Å². The fourth-order valence-corrected chi connectivity index (χ4v) is 4.62. The molecule has 1 aromatic carbocycles. The quantitative estimate of drug-likeness (QED) is 0.727. The van der Waals surface area contributed by atoms with E-state index in [4.69, 9.17) is 5.73 Å². The molecule has 0 aliphatic heterocycles. The van der Waals surface area contributed by atoms with Gasteiger partial charge in [0.25, 0.3) is 0 Å². The summed E-state index contributed by atoms with van der Waals surface area (Å²) >= 11 is 0. The minimum absolute atomic E-state index is 0.202. The first-order chi connectivity index (χ1) is 9.99. The van der Waals surface area contributed by atoms with Crippen LogP contribution < -0.4 is 15.8 Å². The van der Waals surface area contributed by atoms with Crippen molar-refractivity contribution in [1.82, 2.24) is 4.72 Å². The molecule has 4 N–H and O–H groups in total. The summed E-state index contributed by atoms with van der Waals surface area (Å²) < 4.78 is 25.8. The van der Waals surface area contributed by atoms with Crippen molar-refractivity contribution in [3.63, 3.8) is 0 Å². The molecule has 116 valence electrons. The predicted octanol–water partition coefficient (Wildman–Crippen LogP) is 2.02. The Morgan fingerprint density at radius 2 is 2.10 bits per heavy atom. The molecule has 2 bridgehead atoms. The molecule has 3 rings (SSSR count). The van der Waals surface area contributed by atoms with Gasteiger partial charge in [-0.2, -0.15) is 0 Å². The van der Waals surface area contributed by atoms with Crippen LogP contribution in [0.25, 0.3) is 0 Å². The SMILES string of the molecule is CNS(=O)(=O)c1ccc(NCC2CC3CCC2C3)c(N)c1. The Hall–Kier alpha value is -1.27. The average Bonchev–Trinajstić information content (AvgIpc) is 3.08. The predicted molar refractivity (Wildman–Crippen MR) is 84.5 cm³/mol. The Labute approximate surface area is 126 Å². The second kappa shape index (κ2) is 5.50. The maximum atomic E-state index is 11.7. The summed E-state index contributed by atoms with van der Waals surface area (Å²) in [5.41, 5.74) is 7.29. The zero-order chi connectivity index (χ0) is 15.0. The highest BCUT2D eigenvalue weighted by molar-refractivity contribution is 7.89. The molecule has 21 heavy (non-hydrogen) atoms. The number of rotatable bonds is 5. The summed E-state index contributed by atoms with van der Waals surface area (Å²) in [5.74, 6) is 2.54. The first-order valence-electron chi connectivity index (χ1n) is 7.56. The van der Waals surface area contributed by atoms with Gasteiger partial charge in [0.15, 0.2) is 0 Å². The zero-order valence-electron chi connectivity index (χ0n) is 12.3. The smallest absolute Gasteiger partial charge is 0.240 e. The highest BCUT2D eigenvalue weighted by Gasteiger charge is 2.39. The molecule has 0 amide bonds. The summed E-state index contributed by atoms with van der Waals surface area (Å²) in [6.45, 7) is 0.934. The molecule has 0 spiro atoms. The summed E-state index contributed by atoms with van der Waals surface area (Å²) in [5, 5.41) is 3.40. The van der Waals surface area contributed by atoms with Crippen molar-refractivity contribution in [3.8, 4) is 0 Å². The number of hydrogen-bond acceptors (Lipinski definition) is 4. The van der Waals surface area contributed by atoms with Crippen LogP contribution in [0.1, 0.15) is 25.7 Å². The van der Waals surface area contributed by atoms with Crippen LogP contribution in [0.4, 0.5) is 11.4 Å². The summed E-state index contributed by atoms with van der Waals surface area (Å²) in [6, 6.07) is 4.85. The van der Waals surface area contributed by atoms with Crippen LogP contribution in [0.3, 0.4) is 0 Å². The van der Waals surface area contributed by atoms with E-state index in [1.807, 2.05) is 0 Å². The standard InChI is InChI=1S/C15H23N3O2S/c1-17-21(19,20)13-4-5-15(14(16)8-13)18-9-12-7-10-2-3-11(12)6-10/h4-5,8,10-12,17-18H,2-3,6-7,9,16H2,1H3. The molecule has 0 aromatic heterocycles. The Balaban J connectivity index is 1.66. The van der Waals surface area contributed by atoms with Gasteiger partial charge in [0, 0.05) is 6.54 Å². The Kier molecular flexibility index (Phi) is 3.84. The molecule has 3 atom stereocenters. The van der Waals surface area contributed by atoms with Gasteiger partial charge in [-0.3, -0.25) is 0 Å². The molecule has 0 saturated heterocycles. The van der Waals surface area contributed by atoms with E-state index in [1.54, 1.807) is 12.1 Å². The monoisotopic (exact) mass is 309 g/mol. The fraction of sp³-hybridized carbons (Fsp3) is 0.600. The Morgan fingerprint density at radius 3 is 2.67 bits per heavy atom. The van der Waals surface area contributed by atoms with Crippen molar-refractivity contribution in [2.75, 3.05) is 24.6 Å². The van der Waals surface area contributed by atoms with Gasteiger partial charge in [-0.15, -0.1) is 0 Å². The average molecular weight is 309 g/mol. The van der Waals surface area contributed by atoms with Gasteiger partial charge in [0.1, 0.15) is 0 Å². The number of hydrogen-bond donors (Lipinski definition) is 3. The van der Waals surface area contributed by atoms with Crippen molar-refractivity contribution in [1.29, 1.82) is 0 Å². The molecule has 6 heteroatoms. The molecule has 2 aliphatic rings. The van der Waals surface area contributed by atoms with Crippen molar-refractivity contribution in [3.05, 3.63) is 18.2 Å². The highest BCUT2D eigenvalue weighted by atomic mass is 32.2. The van der Waals surface area contributed by atoms with Crippen LogP contribution in [0.15, 0.2) is 23.1 Å². The van der Waals surface area contributed by atoms with Gasteiger partial charge in [-0.05, 0) is 62.3 Å². The molecule has 5 nitrogen and oxygen atoms in total. The van der Waals surface area contributed by atoms with Gasteiger partial charge in [0.2, 0.25) is 10.0 Å². The molecule has 2 saturated carbocycles. The summed E-state index contributed by atoms with van der Waals surface area (Å²) in [6.07, 6.45) is 5.48. The lowest BCUT2D eigenvalue weighted by Gasteiger charge is -2.23. The molecular weight excluding hydrogens is 286 g/mol. The van der Waals surface area contributed by atoms with Gasteiger partial charge in [-0.25, -0.2) is 13.1 Å². The van der Waals surface area contributed by atoms with Gasteiger partial charge in [0.05, 0.1) is 16.3 Å². The van der Waals surface area contributed by atoms with Gasteiger partial charge >= 0.3 is 0 Å². The lowest BCUT2D eigenvalue weighted by molar-refractivity contribution is 0.348. The highest BCUT2D eigenvalue weighted by Crippen LogP contribution is 2.48. The van der Waals surface area contributed by atoms with E-state index in [-0.39, 0.29) is 4.90 Å². The second-order valence-corrected chi connectivity index (χ2v) is 8.16. The van der Waals surface area contributed by atoms with Gasteiger partial charge in [-0.1, -0.05) is 6.42 Å². The van der Waals surface area contributed by atoms with Crippen LogP contribution in [-0.2, 0) is 10.0 Å². The van der Waals surface area contributed by atoms with Crippen LogP contribution in [-0.4, -0.2) is 22.0 Å². The summed E-state index contributed by atoms with van der Waals surface area (Å²) in [7, 11) is -2.04. The molecule has 1 aromatic rings. The number of anilines is 2. The normalized spacial score (nSPS) is 28.0. The first-order valence-corrected chi connectivity index (χ1v) is 9.05. The van der Waals surface area contributed by atoms with E-state index in [0.717, 1.165) is 30.0 Å². The molecule has 2 fully saturated rings. The number of benzene rings is 1. The number of nitrogen functional groups attached to an aromatic ring is 1. The number of sulfonamides is 1. The van der Waals surface area contributed by atoms with E-state index in [0.29, 0.717) is 5.69 Å². The van der Waals surface area contributed by atoms with Crippen LogP contribution in [0.2, 0.25) is 0 Å². The van der Waals surface area contributed by atoms with Crippen molar-refractivity contribution >= 4 is 21.4 Å². The molecule has 2 aliphatic carbocycles. The van der Waals surface area contributed by atoms with Crippen LogP contribution >= 0.6 is 0 Å². The Bertz CT molecular complexity index is 630. The number of nitrogens with two attached hydrogens (primary N) is 1. The topological polar surface area (TPSA) is 84.2 Å². The zero-order valence-corrected chi connectivity index (χ0v) is 13.1. The molecule has 0 heterocycles. The molecule has 3 unspecified atom stereocenters. The van der Waals surface area contributed by atoms with Gasteiger partial charge < -0.3 is 11.1 Å². The first kappa shape index (κ1) is 14.7. The third kappa shape index (κ3) is 2.87. The van der Waals surface area contributed by atoms with Crippen molar-refractivity contribution in [2.24, 2.45) is 17.8 Å². The van der Waals surface area contributed by atoms with E-state index in [2.05, 4.69) is 10.0 Å². The lowest BCUT2D eigenvalue weighted by Crippen LogP contribution is -2.21. The number of nitrogens with one attached hydrogen (secondary N) is 2. The Morgan fingerprint density at radius 1 is 1.29 bits per heavy atom. The van der Waals surface area contributed by atoms with Crippen LogP contribution in [0.5, 0.6) is 0 Å². The number of fused-ring (bicyclic) bond motifs is 2. The van der Waals surface area contributed by atoms with Crippen LogP contribution in [0, 0.1) is 17.8 Å². The molecule has 0 radical (unpaired) electrons.